The Bertz CT molecular complexity index is 939. The van der Waals surface area contributed by atoms with Gasteiger partial charge in [-0.15, -0.1) is 11.3 Å². The topological polar surface area (TPSA) is 58.6 Å². The number of alkyl halides is 3. The van der Waals surface area contributed by atoms with Gasteiger partial charge in [-0.2, -0.15) is 13.2 Å². The minimum atomic E-state index is -5.16. The molecule has 2 aromatic rings. The molecular formula is C23H27F3N2O3S. The molecule has 1 aliphatic rings. The summed E-state index contributed by atoms with van der Waals surface area (Å²) in [4.78, 5) is 27.8. The number of benzene rings is 1. The first-order valence-corrected chi connectivity index (χ1v) is 11.5. The monoisotopic (exact) mass is 468 g/mol. The highest BCUT2D eigenvalue weighted by Crippen LogP contribution is 2.37. The number of rotatable bonds is 7. The highest BCUT2D eigenvalue weighted by molar-refractivity contribution is 7.12. The van der Waals surface area contributed by atoms with Crippen LogP contribution in [0.3, 0.4) is 0 Å². The lowest BCUT2D eigenvalue weighted by molar-refractivity contribution is -0.171. The first-order valence-electron chi connectivity index (χ1n) is 10.7. The normalized spacial score (nSPS) is 15.8. The molecule has 2 amide bonds. The van der Waals surface area contributed by atoms with Crippen LogP contribution in [0.2, 0.25) is 0 Å². The molecule has 32 heavy (non-hydrogen) atoms. The van der Waals surface area contributed by atoms with Gasteiger partial charge >= 0.3 is 12.1 Å². The van der Waals surface area contributed by atoms with Gasteiger partial charge in [0.15, 0.2) is 6.04 Å². The molecule has 1 atom stereocenters. The van der Waals surface area contributed by atoms with Crippen molar-refractivity contribution in [1.29, 1.82) is 0 Å². The first-order chi connectivity index (χ1) is 15.2. The molecule has 0 unspecified atom stereocenters. The van der Waals surface area contributed by atoms with Gasteiger partial charge in [0.2, 0.25) is 5.91 Å². The Morgan fingerprint density at radius 1 is 1.19 bits per heavy atom. The van der Waals surface area contributed by atoms with Crippen LogP contribution in [0.25, 0.3) is 0 Å². The fourth-order valence-corrected chi connectivity index (χ4v) is 4.88. The third-order valence-electron chi connectivity index (χ3n) is 5.36. The number of hydrogen-bond acceptors (Lipinski definition) is 4. The van der Waals surface area contributed by atoms with E-state index in [0.717, 1.165) is 37.0 Å². The standard InChI is InChI=1S/C23H27F3N2O3S/c1-3-31-18-11-7-10-17(14-18)28(22(30)23(24,25)26)20(19-13-12-15(2)32-19)21(29)27-16-8-5-4-6-9-16/h7,10-14,16,20H,3-6,8-9H2,1-2H3,(H,27,29)/t20-/m1/s1. The second-order valence-corrected chi connectivity index (χ2v) is 9.12. The van der Waals surface area contributed by atoms with Crippen molar-refractivity contribution in [2.24, 2.45) is 0 Å². The summed E-state index contributed by atoms with van der Waals surface area (Å²) in [5.74, 6) is -2.39. The number of anilines is 1. The summed E-state index contributed by atoms with van der Waals surface area (Å²) in [5, 5.41) is 2.90. The molecule has 0 spiro atoms. The quantitative estimate of drug-likeness (QED) is 0.580. The van der Waals surface area contributed by atoms with Crippen molar-refractivity contribution < 1.29 is 27.5 Å². The van der Waals surface area contributed by atoms with Gasteiger partial charge < -0.3 is 10.1 Å². The van der Waals surface area contributed by atoms with E-state index in [2.05, 4.69) is 5.32 Å². The number of ether oxygens (including phenoxy) is 1. The molecule has 1 aromatic carbocycles. The van der Waals surface area contributed by atoms with Gasteiger partial charge in [-0.05, 0) is 51.0 Å². The molecule has 0 aliphatic heterocycles. The second-order valence-electron chi connectivity index (χ2n) is 7.80. The lowest BCUT2D eigenvalue weighted by Gasteiger charge is -2.33. The van der Waals surface area contributed by atoms with Crippen LogP contribution in [-0.2, 0) is 9.59 Å². The van der Waals surface area contributed by atoms with Crippen LogP contribution in [-0.4, -0.2) is 30.6 Å². The minimum Gasteiger partial charge on any atom is -0.494 e. The molecule has 1 aliphatic carbocycles. The van der Waals surface area contributed by atoms with Crippen LogP contribution in [0.5, 0.6) is 5.75 Å². The van der Waals surface area contributed by atoms with E-state index in [-0.39, 0.29) is 11.7 Å². The van der Waals surface area contributed by atoms with Gasteiger partial charge in [0.05, 0.1) is 6.61 Å². The maximum absolute atomic E-state index is 13.7. The molecule has 1 N–H and O–H groups in total. The van der Waals surface area contributed by atoms with Crippen LogP contribution in [0, 0.1) is 6.92 Å². The zero-order valence-electron chi connectivity index (χ0n) is 18.1. The zero-order valence-corrected chi connectivity index (χ0v) is 18.9. The van der Waals surface area contributed by atoms with E-state index in [9.17, 15) is 22.8 Å². The number of amides is 2. The Kier molecular flexibility index (Phi) is 7.82. The number of carbonyl (C=O) groups excluding carboxylic acids is 2. The molecule has 1 heterocycles. The average molecular weight is 469 g/mol. The summed E-state index contributed by atoms with van der Waals surface area (Å²) in [7, 11) is 0. The Morgan fingerprint density at radius 3 is 2.50 bits per heavy atom. The van der Waals surface area contributed by atoms with Crippen molar-refractivity contribution >= 4 is 28.8 Å². The van der Waals surface area contributed by atoms with Crippen molar-refractivity contribution in [2.75, 3.05) is 11.5 Å². The number of thiophene rings is 1. The molecule has 1 aromatic heterocycles. The molecule has 1 fully saturated rings. The third-order valence-corrected chi connectivity index (χ3v) is 6.41. The van der Waals surface area contributed by atoms with Crippen molar-refractivity contribution in [3.63, 3.8) is 0 Å². The van der Waals surface area contributed by atoms with E-state index in [4.69, 9.17) is 4.74 Å². The van der Waals surface area contributed by atoms with Gasteiger partial charge in [0, 0.05) is 27.5 Å². The summed E-state index contributed by atoms with van der Waals surface area (Å²) in [6, 6.07) is 7.62. The van der Waals surface area contributed by atoms with E-state index >= 15 is 0 Å². The molecule has 0 saturated heterocycles. The molecular weight excluding hydrogens is 441 g/mol. The van der Waals surface area contributed by atoms with Crippen molar-refractivity contribution in [3.05, 3.63) is 46.2 Å². The predicted molar refractivity (Wildman–Crippen MR) is 118 cm³/mol. The van der Waals surface area contributed by atoms with Crippen molar-refractivity contribution in [1.82, 2.24) is 5.32 Å². The number of aryl methyl sites for hydroxylation is 1. The number of carbonyl (C=O) groups is 2. The van der Waals surface area contributed by atoms with Crippen LogP contribution in [0.15, 0.2) is 36.4 Å². The van der Waals surface area contributed by atoms with Crippen LogP contribution in [0.4, 0.5) is 18.9 Å². The second kappa shape index (κ2) is 10.4. The Morgan fingerprint density at radius 2 is 1.91 bits per heavy atom. The van der Waals surface area contributed by atoms with Crippen molar-refractivity contribution in [3.8, 4) is 5.75 Å². The van der Waals surface area contributed by atoms with E-state index < -0.39 is 24.0 Å². The van der Waals surface area contributed by atoms with Gasteiger partial charge in [-0.25, -0.2) is 0 Å². The number of halogens is 3. The SMILES string of the molecule is CCOc1cccc(N(C(=O)C(F)(F)F)[C@@H](C(=O)NC2CCCCC2)c2ccc(C)s2)c1. The highest BCUT2D eigenvalue weighted by atomic mass is 32.1. The molecule has 174 valence electrons. The van der Waals surface area contributed by atoms with Gasteiger partial charge in [-0.1, -0.05) is 25.3 Å². The summed E-state index contributed by atoms with van der Waals surface area (Å²) < 4.78 is 46.5. The molecule has 9 heteroatoms. The van der Waals surface area contributed by atoms with E-state index in [1.165, 1.54) is 29.5 Å². The van der Waals surface area contributed by atoms with E-state index in [1.54, 1.807) is 32.0 Å². The largest absolute Gasteiger partial charge is 0.494 e. The van der Waals surface area contributed by atoms with E-state index in [0.29, 0.717) is 22.1 Å². The third kappa shape index (κ3) is 5.82. The fourth-order valence-electron chi connectivity index (χ4n) is 3.91. The van der Waals surface area contributed by atoms with Gasteiger partial charge in [0.1, 0.15) is 5.75 Å². The van der Waals surface area contributed by atoms with E-state index in [1.807, 2.05) is 0 Å². The molecule has 1 saturated carbocycles. The van der Waals surface area contributed by atoms with Gasteiger partial charge in [-0.3, -0.25) is 14.5 Å². The number of hydrogen-bond donors (Lipinski definition) is 1. The lowest BCUT2D eigenvalue weighted by Crippen LogP contribution is -2.50. The summed E-state index contributed by atoms with van der Waals surface area (Å²) >= 11 is 1.20. The smallest absolute Gasteiger partial charge is 0.471 e. The molecule has 0 radical (unpaired) electrons. The first kappa shape index (κ1) is 24.1. The maximum atomic E-state index is 13.7. The lowest BCUT2D eigenvalue weighted by atomic mass is 9.95. The van der Waals surface area contributed by atoms with Gasteiger partial charge in [0.25, 0.3) is 0 Å². The summed E-state index contributed by atoms with van der Waals surface area (Å²) in [6.07, 6.45) is -0.630. The Balaban J connectivity index is 2.07. The van der Waals surface area contributed by atoms with Crippen LogP contribution in [0.1, 0.15) is 54.8 Å². The highest BCUT2D eigenvalue weighted by Gasteiger charge is 2.48. The zero-order chi connectivity index (χ0) is 23.3. The Hall–Kier alpha value is -2.55. The van der Waals surface area contributed by atoms with Crippen LogP contribution >= 0.6 is 11.3 Å². The predicted octanol–water partition coefficient (Wildman–Crippen LogP) is 5.54. The summed E-state index contributed by atoms with van der Waals surface area (Å²) in [6.45, 7) is 3.86. The maximum Gasteiger partial charge on any atom is 0.471 e. The van der Waals surface area contributed by atoms with Crippen molar-refractivity contribution in [2.45, 2.75) is 64.2 Å². The van der Waals surface area contributed by atoms with Crippen LogP contribution < -0.4 is 15.0 Å². The summed E-state index contributed by atoms with van der Waals surface area (Å²) in [5.41, 5.74) is -0.0480. The Labute approximate surface area is 189 Å². The molecule has 0 bridgehead atoms. The number of nitrogens with zero attached hydrogens (tertiary/aromatic N) is 1. The minimum absolute atomic E-state index is 0.0480. The fraction of sp³-hybridized carbons (Fsp3) is 0.478. The molecule has 3 rings (SSSR count). The average Bonchev–Trinajstić information content (AvgIpc) is 3.17. The molecule has 5 nitrogen and oxygen atoms in total. The number of nitrogens with one attached hydrogen (secondary N) is 1.